The van der Waals surface area contributed by atoms with Gasteiger partial charge >= 0.3 is 0 Å². The molecule has 0 saturated carbocycles. The van der Waals surface area contributed by atoms with Crippen molar-refractivity contribution in [2.45, 2.75) is 32.6 Å². The maximum Gasteiger partial charge on any atom is 0.197 e. The first-order chi connectivity index (χ1) is 8.25. The van der Waals surface area contributed by atoms with E-state index in [1.54, 1.807) is 0 Å². The molecule has 1 aliphatic rings. The molecule has 0 radical (unpaired) electrons. The molecule has 2 heteroatoms. The Morgan fingerprint density at radius 2 is 2.29 bits per heavy atom. The van der Waals surface area contributed by atoms with E-state index in [1.165, 1.54) is 11.1 Å². The largest absolute Gasteiger partial charge is 0.490 e. The van der Waals surface area contributed by atoms with Crippen molar-refractivity contribution in [2.75, 3.05) is 6.61 Å². The highest BCUT2D eigenvalue weighted by molar-refractivity contribution is 5.93. The Bertz CT molecular complexity index is 432. The molecule has 0 aromatic heterocycles. The molecule has 0 atom stereocenters. The number of Topliss-reactive ketones (excluding diaryl/α,β-unsaturated/α-hetero) is 1. The molecular formula is C15H18O2. The van der Waals surface area contributed by atoms with Gasteiger partial charge in [-0.05, 0) is 37.8 Å². The highest BCUT2D eigenvalue weighted by Gasteiger charge is 2.13. The topological polar surface area (TPSA) is 26.3 Å². The smallest absolute Gasteiger partial charge is 0.197 e. The second-order valence-electron chi connectivity index (χ2n) is 4.47. The summed E-state index contributed by atoms with van der Waals surface area (Å²) in [5, 5.41) is 0. The van der Waals surface area contributed by atoms with Gasteiger partial charge < -0.3 is 4.74 Å². The molecule has 17 heavy (non-hydrogen) atoms. The summed E-state index contributed by atoms with van der Waals surface area (Å²) in [5.74, 6) is 0.704. The Kier molecular flexibility index (Phi) is 3.97. The fraction of sp³-hybridized carbons (Fsp3) is 0.400. The van der Waals surface area contributed by atoms with Crippen LogP contribution >= 0.6 is 0 Å². The predicted octanol–water partition coefficient (Wildman–Crippen LogP) is 3.19. The highest BCUT2D eigenvalue weighted by Crippen LogP contribution is 2.14. The van der Waals surface area contributed by atoms with Crippen molar-refractivity contribution in [1.29, 1.82) is 0 Å². The number of hydrogen-bond acceptors (Lipinski definition) is 2. The second kappa shape index (κ2) is 5.67. The molecule has 1 aromatic carbocycles. The minimum atomic E-state index is 0.131. The van der Waals surface area contributed by atoms with Gasteiger partial charge in [0.05, 0.1) is 6.61 Å². The first-order valence-corrected chi connectivity index (χ1v) is 6.17. The van der Waals surface area contributed by atoms with Gasteiger partial charge in [0.2, 0.25) is 0 Å². The number of aryl methyl sites for hydroxylation is 2. The van der Waals surface area contributed by atoms with E-state index in [9.17, 15) is 4.79 Å². The number of ketones is 1. The summed E-state index contributed by atoms with van der Waals surface area (Å²) in [6.45, 7) is 2.75. The molecule has 2 nitrogen and oxygen atoms in total. The van der Waals surface area contributed by atoms with Crippen LogP contribution in [0, 0.1) is 6.92 Å². The van der Waals surface area contributed by atoms with Crippen molar-refractivity contribution in [3.05, 3.63) is 47.2 Å². The van der Waals surface area contributed by atoms with Crippen LogP contribution < -0.4 is 0 Å². The molecule has 0 aliphatic carbocycles. The molecule has 1 aliphatic heterocycles. The summed E-state index contributed by atoms with van der Waals surface area (Å²) in [4.78, 5) is 11.9. The Balaban J connectivity index is 1.89. The lowest BCUT2D eigenvalue weighted by atomic mass is 10.0. The van der Waals surface area contributed by atoms with Crippen molar-refractivity contribution in [3.63, 3.8) is 0 Å². The van der Waals surface area contributed by atoms with E-state index in [0.717, 1.165) is 19.3 Å². The van der Waals surface area contributed by atoms with Crippen LogP contribution in [-0.4, -0.2) is 12.4 Å². The lowest BCUT2D eigenvalue weighted by Gasteiger charge is -2.13. The standard InChI is InChI=1S/C15H18O2/c1-12-5-4-6-13(11-12)8-9-14(16)15-7-2-3-10-17-15/h4-7,11H,2-3,8-10H2,1H3. The number of rotatable bonds is 4. The third-order valence-electron chi connectivity index (χ3n) is 2.93. The van der Waals surface area contributed by atoms with E-state index in [-0.39, 0.29) is 5.78 Å². The fourth-order valence-electron chi connectivity index (χ4n) is 2.00. The van der Waals surface area contributed by atoms with Crippen LogP contribution in [-0.2, 0) is 16.0 Å². The molecule has 1 heterocycles. The van der Waals surface area contributed by atoms with E-state index in [4.69, 9.17) is 4.74 Å². The lowest BCUT2D eigenvalue weighted by Crippen LogP contribution is -2.11. The molecule has 0 fully saturated rings. The van der Waals surface area contributed by atoms with Crippen LogP contribution in [0.25, 0.3) is 0 Å². The van der Waals surface area contributed by atoms with Gasteiger partial charge in [0.25, 0.3) is 0 Å². The third-order valence-corrected chi connectivity index (χ3v) is 2.93. The zero-order valence-electron chi connectivity index (χ0n) is 10.2. The van der Waals surface area contributed by atoms with Crippen LogP contribution in [0.3, 0.4) is 0 Å². The second-order valence-corrected chi connectivity index (χ2v) is 4.47. The van der Waals surface area contributed by atoms with Gasteiger partial charge in [-0.15, -0.1) is 0 Å². The molecule has 0 amide bonds. The minimum Gasteiger partial charge on any atom is -0.490 e. The van der Waals surface area contributed by atoms with Gasteiger partial charge in [-0.25, -0.2) is 0 Å². The first kappa shape index (κ1) is 11.9. The number of benzene rings is 1. The summed E-state index contributed by atoms with van der Waals surface area (Å²) < 4.78 is 5.36. The maximum absolute atomic E-state index is 11.9. The summed E-state index contributed by atoms with van der Waals surface area (Å²) in [6, 6.07) is 8.30. The number of allylic oxidation sites excluding steroid dienone is 2. The number of carbonyl (C=O) groups excluding carboxylic acids is 1. The average molecular weight is 230 g/mol. The monoisotopic (exact) mass is 230 g/mol. The molecule has 0 saturated heterocycles. The van der Waals surface area contributed by atoms with Crippen molar-refractivity contribution in [1.82, 2.24) is 0 Å². The number of ether oxygens (including phenoxy) is 1. The Morgan fingerprint density at radius 3 is 3.00 bits per heavy atom. The molecule has 0 N–H and O–H groups in total. The van der Waals surface area contributed by atoms with Crippen LogP contribution in [0.4, 0.5) is 0 Å². The molecule has 1 aromatic rings. The van der Waals surface area contributed by atoms with Crippen LogP contribution in [0.5, 0.6) is 0 Å². The van der Waals surface area contributed by atoms with Gasteiger partial charge in [0.15, 0.2) is 11.5 Å². The Hall–Kier alpha value is -1.57. The summed E-state index contributed by atoms with van der Waals surface area (Å²) in [5.41, 5.74) is 2.46. The quantitative estimate of drug-likeness (QED) is 0.794. The van der Waals surface area contributed by atoms with Crippen molar-refractivity contribution < 1.29 is 9.53 Å². The van der Waals surface area contributed by atoms with Crippen LogP contribution in [0.15, 0.2) is 36.1 Å². The summed E-state index contributed by atoms with van der Waals surface area (Å²) >= 11 is 0. The van der Waals surface area contributed by atoms with Gasteiger partial charge in [0, 0.05) is 6.42 Å². The van der Waals surface area contributed by atoms with E-state index in [0.29, 0.717) is 18.8 Å². The summed E-state index contributed by atoms with van der Waals surface area (Å²) in [6.07, 6.45) is 5.23. The molecule has 90 valence electrons. The van der Waals surface area contributed by atoms with E-state index in [2.05, 4.69) is 25.1 Å². The van der Waals surface area contributed by atoms with Gasteiger partial charge in [-0.3, -0.25) is 4.79 Å². The van der Waals surface area contributed by atoms with Crippen molar-refractivity contribution in [3.8, 4) is 0 Å². The van der Waals surface area contributed by atoms with E-state index >= 15 is 0 Å². The zero-order valence-corrected chi connectivity index (χ0v) is 10.2. The third kappa shape index (κ3) is 3.45. The fourth-order valence-corrected chi connectivity index (χ4v) is 2.00. The summed E-state index contributed by atoms with van der Waals surface area (Å²) in [7, 11) is 0. The zero-order chi connectivity index (χ0) is 12.1. The molecule has 0 unspecified atom stereocenters. The van der Waals surface area contributed by atoms with Gasteiger partial charge in [-0.1, -0.05) is 29.8 Å². The van der Waals surface area contributed by atoms with Crippen molar-refractivity contribution in [2.24, 2.45) is 0 Å². The Labute approximate surface area is 102 Å². The SMILES string of the molecule is Cc1cccc(CCC(=O)C2=CCCCO2)c1. The molecule has 0 spiro atoms. The van der Waals surface area contributed by atoms with E-state index < -0.39 is 0 Å². The average Bonchev–Trinajstić information content (AvgIpc) is 2.37. The highest BCUT2D eigenvalue weighted by atomic mass is 16.5. The van der Waals surface area contributed by atoms with Gasteiger partial charge in [-0.2, -0.15) is 0 Å². The molecule has 0 bridgehead atoms. The van der Waals surface area contributed by atoms with Gasteiger partial charge in [0.1, 0.15) is 0 Å². The normalized spacial score (nSPS) is 15.0. The molecule has 2 rings (SSSR count). The van der Waals surface area contributed by atoms with Crippen molar-refractivity contribution >= 4 is 5.78 Å². The number of hydrogen-bond donors (Lipinski definition) is 0. The lowest BCUT2D eigenvalue weighted by molar-refractivity contribution is -0.119. The predicted molar refractivity (Wildman–Crippen MR) is 67.8 cm³/mol. The van der Waals surface area contributed by atoms with Crippen LogP contribution in [0.1, 0.15) is 30.4 Å². The number of carbonyl (C=O) groups is 1. The van der Waals surface area contributed by atoms with E-state index in [1.807, 2.05) is 12.1 Å². The minimum absolute atomic E-state index is 0.131. The molecular weight excluding hydrogens is 212 g/mol. The Morgan fingerprint density at radius 1 is 1.41 bits per heavy atom. The first-order valence-electron chi connectivity index (χ1n) is 6.17. The maximum atomic E-state index is 11.9. The van der Waals surface area contributed by atoms with Crippen LogP contribution in [0.2, 0.25) is 0 Å².